The van der Waals surface area contributed by atoms with Gasteiger partial charge in [0.15, 0.2) is 0 Å². The van der Waals surface area contributed by atoms with Crippen LogP contribution in [0.5, 0.6) is 5.75 Å². The van der Waals surface area contributed by atoms with Crippen LogP contribution >= 0.6 is 0 Å². The Morgan fingerprint density at radius 3 is 2.50 bits per heavy atom. The molecule has 1 heterocycles. The molecular weight excluding hydrogens is 276 g/mol. The molecule has 1 aromatic carbocycles. The molecule has 0 amide bonds. The van der Waals surface area contributed by atoms with E-state index in [1.54, 1.807) is 12.1 Å². The van der Waals surface area contributed by atoms with Crippen molar-refractivity contribution in [3.8, 4) is 5.75 Å². The van der Waals surface area contributed by atoms with Crippen LogP contribution in [0, 0.1) is 12.8 Å². The Labute approximate surface area is 132 Å². The Morgan fingerprint density at radius 2 is 1.82 bits per heavy atom. The van der Waals surface area contributed by atoms with Gasteiger partial charge in [-0.25, -0.2) is 0 Å². The minimum Gasteiger partial charge on any atom is -0.506 e. The molecular formula is C18H24N2O2. The van der Waals surface area contributed by atoms with Gasteiger partial charge in [0.2, 0.25) is 0 Å². The fourth-order valence-corrected chi connectivity index (χ4v) is 2.46. The number of hydrogen-bond donors (Lipinski definition) is 2. The van der Waals surface area contributed by atoms with Gasteiger partial charge in [-0.05, 0) is 30.5 Å². The van der Waals surface area contributed by atoms with Crippen LogP contribution in [0.1, 0.15) is 23.9 Å². The lowest BCUT2D eigenvalue weighted by molar-refractivity contribution is 0.161. The monoisotopic (exact) mass is 300 g/mol. The number of aromatic hydroxyl groups is 1. The number of aryl methyl sites for hydroxylation is 1. The molecule has 0 fully saturated rings. The number of hydrogen-bond acceptors (Lipinski definition) is 4. The normalized spacial score (nSPS) is 12.5. The quantitative estimate of drug-likeness (QED) is 0.825. The molecule has 0 spiro atoms. The molecule has 0 aliphatic heterocycles. The smallest absolute Gasteiger partial charge is 0.138 e. The summed E-state index contributed by atoms with van der Waals surface area (Å²) in [5.41, 5.74) is 2.78. The Morgan fingerprint density at radius 1 is 1.09 bits per heavy atom. The van der Waals surface area contributed by atoms with E-state index in [-0.39, 0.29) is 18.3 Å². The van der Waals surface area contributed by atoms with E-state index in [0.717, 1.165) is 18.8 Å². The lowest BCUT2D eigenvalue weighted by atomic mass is 10.1. The molecule has 0 saturated carbocycles. The molecule has 4 heteroatoms. The first-order valence-electron chi connectivity index (χ1n) is 7.61. The summed E-state index contributed by atoms with van der Waals surface area (Å²) < 4.78 is 0. The number of aliphatic hydroxyl groups is 1. The standard InChI is InChI=1S/C18H24N2O2/c1-14(13-21)10-20(11-16-6-4-3-5-7-16)12-17-18(22)9-8-15(2)19-17/h3-9,14,21-22H,10-13H2,1-2H3/t14-/m1/s1. The van der Waals surface area contributed by atoms with E-state index in [9.17, 15) is 10.2 Å². The molecule has 0 unspecified atom stereocenters. The van der Waals surface area contributed by atoms with Crippen molar-refractivity contribution in [2.24, 2.45) is 5.92 Å². The lowest BCUT2D eigenvalue weighted by Gasteiger charge is -2.25. The van der Waals surface area contributed by atoms with E-state index in [0.29, 0.717) is 12.2 Å². The van der Waals surface area contributed by atoms with E-state index in [2.05, 4.69) is 22.0 Å². The molecule has 2 N–H and O–H groups in total. The summed E-state index contributed by atoms with van der Waals surface area (Å²) >= 11 is 0. The van der Waals surface area contributed by atoms with Gasteiger partial charge in [0.05, 0.1) is 5.69 Å². The van der Waals surface area contributed by atoms with Crippen molar-refractivity contribution in [2.75, 3.05) is 13.2 Å². The van der Waals surface area contributed by atoms with Crippen molar-refractivity contribution in [3.63, 3.8) is 0 Å². The van der Waals surface area contributed by atoms with Crippen molar-refractivity contribution in [2.45, 2.75) is 26.9 Å². The van der Waals surface area contributed by atoms with Crippen LogP contribution in [0.25, 0.3) is 0 Å². The first kappa shape index (κ1) is 16.5. The van der Waals surface area contributed by atoms with Crippen LogP contribution in [-0.2, 0) is 13.1 Å². The maximum Gasteiger partial charge on any atom is 0.138 e. The largest absolute Gasteiger partial charge is 0.506 e. The Hall–Kier alpha value is -1.91. The Kier molecular flexibility index (Phi) is 5.92. The second-order valence-electron chi connectivity index (χ2n) is 5.86. The fourth-order valence-electron chi connectivity index (χ4n) is 2.46. The van der Waals surface area contributed by atoms with Crippen LogP contribution < -0.4 is 0 Å². The zero-order valence-corrected chi connectivity index (χ0v) is 13.2. The van der Waals surface area contributed by atoms with Gasteiger partial charge in [0.25, 0.3) is 0 Å². The summed E-state index contributed by atoms with van der Waals surface area (Å²) in [7, 11) is 0. The van der Waals surface area contributed by atoms with Crippen LogP contribution in [0.3, 0.4) is 0 Å². The fraction of sp³-hybridized carbons (Fsp3) is 0.389. The van der Waals surface area contributed by atoms with Gasteiger partial charge in [0.1, 0.15) is 5.75 Å². The van der Waals surface area contributed by atoms with Crippen LogP contribution in [0.2, 0.25) is 0 Å². The second kappa shape index (κ2) is 7.92. The van der Waals surface area contributed by atoms with Crippen LogP contribution in [0.15, 0.2) is 42.5 Å². The Bertz CT molecular complexity index is 587. The number of pyridine rings is 1. The minimum absolute atomic E-state index is 0.151. The van der Waals surface area contributed by atoms with Gasteiger partial charge in [0, 0.05) is 31.9 Å². The second-order valence-corrected chi connectivity index (χ2v) is 5.86. The topological polar surface area (TPSA) is 56.6 Å². The van der Waals surface area contributed by atoms with Gasteiger partial charge >= 0.3 is 0 Å². The summed E-state index contributed by atoms with van der Waals surface area (Å²) in [6.45, 7) is 6.16. The molecule has 1 aromatic heterocycles. The highest BCUT2D eigenvalue weighted by atomic mass is 16.3. The highest BCUT2D eigenvalue weighted by molar-refractivity contribution is 5.27. The molecule has 22 heavy (non-hydrogen) atoms. The first-order chi connectivity index (χ1) is 10.6. The SMILES string of the molecule is Cc1ccc(O)c(CN(Cc2ccccc2)C[C@@H](C)CO)n1. The van der Waals surface area contributed by atoms with Gasteiger partial charge in [-0.15, -0.1) is 0 Å². The highest BCUT2D eigenvalue weighted by Crippen LogP contribution is 2.19. The van der Waals surface area contributed by atoms with Crippen molar-refractivity contribution in [3.05, 3.63) is 59.4 Å². The van der Waals surface area contributed by atoms with E-state index in [1.807, 2.05) is 32.0 Å². The van der Waals surface area contributed by atoms with E-state index in [4.69, 9.17) is 0 Å². The van der Waals surface area contributed by atoms with Gasteiger partial charge in [-0.2, -0.15) is 0 Å². The van der Waals surface area contributed by atoms with E-state index in [1.165, 1.54) is 5.56 Å². The zero-order valence-electron chi connectivity index (χ0n) is 13.2. The van der Waals surface area contributed by atoms with Crippen LogP contribution in [0.4, 0.5) is 0 Å². The summed E-state index contributed by atoms with van der Waals surface area (Å²) in [4.78, 5) is 6.64. The summed E-state index contributed by atoms with van der Waals surface area (Å²) in [6.07, 6.45) is 0. The molecule has 0 saturated heterocycles. The van der Waals surface area contributed by atoms with Crippen LogP contribution in [-0.4, -0.2) is 33.2 Å². The number of rotatable bonds is 7. The zero-order chi connectivity index (χ0) is 15.9. The molecule has 2 aromatic rings. The van der Waals surface area contributed by atoms with Crippen molar-refractivity contribution in [1.29, 1.82) is 0 Å². The maximum atomic E-state index is 10.0. The number of benzene rings is 1. The summed E-state index contributed by atoms with van der Waals surface area (Å²) in [5, 5.41) is 19.3. The average molecular weight is 300 g/mol. The minimum atomic E-state index is 0.151. The molecule has 0 aliphatic rings. The maximum absolute atomic E-state index is 10.0. The van der Waals surface area contributed by atoms with E-state index >= 15 is 0 Å². The summed E-state index contributed by atoms with van der Waals surface area (Å²) in [5.74, 6) is 0.399. The highest BCUT2D eigenvalue weighted by Gasteiger charge is 2.14. The molecule has 4 nitrogen and oxygen atoms in total. The molecule has 118 valence electrons. The van der Waals surface area contributed by atoms with Crippen molar-refractivity contribution < 1.29 is 10.2 Å². The third kappa shape index (κ3) is 4.83. The summed E-state index contributed by atoms with van der Waals surface area (Å²) in [6, 6.07) is 13.7. The van der Waals surface area contributed by atoms with Gasteiger partial charge in [-0.3, -0.25) is 9.88 Å². The molecule has 2 rings (SSSR count). The third-order valence-electron chi connectivity index (χ3n) is 3.59. The van der Waals surface area contributed by atoms with Gasteiger partial charge in [-0.1, -0.05) is 37.3 Å². The number of aliphatic hydroxyl groups excluding tert-OH is 1. The predicted octanol–water partition coefficient (Wildman–Crippen LogP) is 2.73. The molecule has 1 atom stereocenters. The molecule has 0 aliphatic carbocycles. The number of nitrogens with zero attached hydrogens (tertiary/aromatic N) is 2. The first-order valence-corrected chi connectivity index (χ1v) is 7.61. The average Bonchev–Trinajstić information content (AvgIpc) is 2.51. The number of aromatic nitrogens is 1. The Balaban J connectivity index is 2.15. The molecule has 0 bridgehead atoms. The van der Waals surface area contributed by atoms with Crippen molar-refractivity contribution >= 4 is 0 Å². The lowest BCUT2D eigenvalue weighted by Crippen LogP contribution is -2.29. The van der Waals surface area contributed by atoms with Crippen molar-refractivity contribution in [1.82, 2.24) is 9.88 Å². The van der Waals surface area contributed by atoms with Gasteiger partial charge < -0.3 is 10.2 Å². The predicted molar refractivity (Wildman–Crippen MR) is 87.4 cm³/mol. The third-order valence-corrected chi connectivity index (χ3v) is 3.59. The van der Waals surface area contributed by atoms with E-state index < -0.39 is 0 Å². The molecule has 0 radical (unpaired) electrons.